The van der Waals surface area contributed by atoms with Crippen LogP contribution < -0.4 is 4.74 Å². The number of alkyl halides is 2. The molecule has 0 saturated carbocycles. The maximum Gasteiger partial charge on any atom is 0.387 e. The van der Waals surface area contributed by atoms with Crippen molar-refractivity contribution in [2.24, 2.45) is 0 Å². The highest BCUT2D eigenvalue weighted by Gasteiger charge is 2.18. The highest BCUT2D eigenvalue weighted by Crippen LogP contribution is 2.29. The molecule has 0 amide bonds. The Morgan fingerprint density at radius 2 is 1.81 bits per heavy atom. The summed E-state index contributed by atoms with van der Waals surface area (Å²) >= 11 is 0. The monoisotopic (exact) mass is 373 g/mol. The Labute approximate surface area is 156 Å². The van der Waals surface area contributed by atoms with Gasteiger partial charge in [0.2, 0.25) is 11.7 Å². The lowest BCUT2D eigenvalue weighted by Crippen LogP contribution is -2.22. The topological polar surface area (TPSA) is 51.4 Å². The molecule has 0 saturated heterocycles. The molecule has 3 rings (SSSR count). The average molecular weight is 373 g/mol. The van der Waals surface area contributed by atoms with Crippen molar-refractivity contribution < 1.29 is 18.0 Å². The van der Waals surface area contributed by atoms with E-state index in [1.54, 1.807) is 18.2 Å². The van der Waals surface area contributed by atoms with E-state index in [9.17, 15) is 8.78 Å². The normalized spacial score (nSPS) is 12.6. The van der Waals surface area contributed by atoms with Crippen molar-refractivity contribution in [2.75, 3.05) is 7.05 Å². The van der Waals surface area contributed by atoms with Crippen LogP contribution in [0.25, 0.3) is 11.4 Å². The predicted octanol–water partition coefficient (Wildman–Crippen LogP) is 4.84. The summed E-state index contributed by atoms with van der Waals surface area (Å²) in [5.74, 6) is 0.636. The first-order valence-corrected chi connectivity index (χ1v) is 8.57. The van der Waals surface area contributed by atoms with Crippen LogP contribution in [0.5, 0.6) is 5.75 Å². The summed E-state index contributed by atoms with van der Waals surface area (Å²) in [5.41, 5.74) is 2.75. The first-order chi connectivity index (χ1) is 12.9. The average Bonchev–Trinajstić information content (AvgIpc) is 3.10. The first kappa shape index (κ1) is 19.0. The summed E-state index contributed by atoms with van der Waals surface area (Å²) in [7, 11) is 1.96. The van der Waals surface area contributed by atoms with Crippen LogP contribution in [0.4, 0.5) is 8.78 Å². The van der Waals surface area contributed by atoms with Gasteiger partial charge in [-0.3, -0.25) is 4.90 Å². The standard InChI is InChI=1S/C20H21F2N3O2/c1-13-8-10-15(11-9-13)14(2)25(3)12-18-23-19(24-27-18)16-6-4-5-7-17(16)26-20(21)22/h4-11,14,20H,12H2,1-3H3. The number of halogens is 2. The molecule has 2 aromatic carbocycles. The Balaban J connectivity index is 1.73. The molecule has 0 N–H and O–H groups in total. The summed E-state index contributed by atoms with van der Waals surface area (Å²) in [4.78, 5) is 6.41. The van der Waals surface area contributed by atoms with Crippen molar-refractivity contribution in [3.63, 3.8) is 0 Å². The maximum atomic E-state index is 12.6. The van der Waals surface area contributed by atoms with Gasteiger partial charge in [-0.1, -0.05) is 47.1 Å². The van der Waals surface area contributed by atoms with E-state index in [0.717, 1.165) is 0 Å². The second-order valence-corrected chi connectivity index (χ2v) is 6.39. The zero-order chi connectivity index (χ0) is 19.4. The van der Waals surface area contributed by atoms with Gasteiger partial charge in [0.1, 0.15) is 5.75 Å². The number of rotatable bonds is 7. The van der Waals surface area contributed by atoms with Crippen LogP contribution in [0.1, 0.15) is 30.0 Å². The van der Waals surface area contributed by atoms with E-state index in [1.807, 2.05) is 14.0 Å². The first-order valence-electron chi connectivity index (χ1n) is 8.57. The molecule has 1 heterocycles. The third-order valence-electron chi connectivity index (χ3n) is 4.42. The lowest BCUT2D eigenvalue weighted by molar-refractivity contribution is -0.0494. The van der Waals surface area contributed by atoms with Crippen LogP contribution in [0.3, 0.4) is 0 Å². The fourth-order valence-corrected chi connectivity index (χ4v) is 2.73. The van der Waals surface area contributed by atoms with Crippen molar-refractivity contribution in [1.29, 1.82) is 0 Å². The van der Waals surface area contributed by atoms with Crippen LogP contribution in [0.2, 0.25) is 0 Å². The zero-order valence-electron chi connectivity index (χ0n) is 15.4. The molecule has 0 aliphatic heterocycles. The van der Waals surface area contributed by atoms with Crippen LogP contribution >= 0.6 is 0 Å². The van der Waals surface area contributed by atoms with E-state index in [4.69, 9.17) is 4.52 Å². The van der Waals surface area contributed by atoms with Gasteiger partial charge in [-0.05, 0) is 38.6 Å². The second-order valence-electron chi connectivity index (χ2n) is 6.39. The molecule has 1 aromatic heterocycles. The Morgan fingerprint density at radius 1 is 1.11 bits per heavy atom. The highest BCUT2D eigenvalue weighted by molar-refractivity contribution is 5.63. The Morgan fingerprint density at radius 3 is 2.52 bits per heavy atom. The van der Waals surface area contributed by atoms with E-state index in [2.05, 4.69) is 51.0 Å². The van der Waals surface area contributed by atoms with Crippen LogP contribution in [0, 0.1) is 6.92 Å². The lowest BCUT2D eigenvalue weighted by atomic mass is 10.1. The van der Waals surface area contributed by atoms with Gasteiger partial charge in [-0.15, -0.1) is 0 Å². The smallest absolute Gasteiger partial charge is 0.387 e. The van der Waals surface area contributed by atoms with Gasteiger partial charge in [0.25, 0.3) is 0 Å². The fourth-order valence-electron chi connectivity index (χ4n) is 2.73. The van der Waals surface area contributed by atoms with Crippen molar-refractivity contribution in [3.8, 4) is 17.1 Å². The quantitative estimate of drug-likeness (QED) is 0.593. The van der Waals surface area contributed by atoms with E-state index in [-0.39, 0.29) is 17.6 Å². The molecular weight excluding hydrogens is 352 g/mol. The van der Waals surface area contributed by atoms with Gasteiger partial charge in [0.05, 0.1) is 12.1 Å². The molecule has 3 aromatic rings. The summed E-state index contributed by atoms with van der Waals surface area (Å²) in [6, 6.07) is 14.9. The fraction of sp³-hybridized carbons (Fsp3) is 0.300. The van der Waals surface area contributed by atoms with E-state index < -0.39 is 6.61 Å². The molecule has 142 valence electrons. The molecule has 0 spiro atoms. The third-order valence-corrected chi connectivity index (χ3v) is 4.42. The minimum absolute atomic E-state index is 0.0150. The maximum absolute atomic E-state index is 12.6. The lowest BCUT2D eigenvalue weighted by Gasteiger charge is -2.23. The number of nitrogens with zero attached hydrogens (tertiary/aromatic N) is 3. The van der Waals surface area contributed by atoms with Gasteiger partial charge in [-0.25, -0.2) is 0 Å². The van der Waals surface area contributed by atoms with Gasteiger partial charge >= 0.3 is 6.61 Å². The summed E-state index contributed by atoms with van der Waals surface area (Å²) < 4.78 is 35.0. The van der Waals surface area contributed by atoms with Crippen LogP contribution in [-0.2, 0) is 6.54 Å². The molecule has 0 aliphatic rings. The molecule has 0 aliphatic carbocycles. The number of ether oxygens (including phenoxy) is 1. The minimum Gasteiger partial charge on any atom is -0.434 e. The summed E-state index contributed by atoms with van der Waals surface area (Å²) in [6.45, 7) is 1.65. The molecule has 27 heavy (non-hydrogen) atoms. The van der Waals surface area contributed by atoms with E-state index in [0.29, 0.717) is 18.0 Å². The number of hydrogen-bond acceptors (Lipinski definition) is 5. The van der Waals surface area contributed by atoms with Crippen molar-refractivity contribution in [3.05, 3.63) is 65.5 Å². The van der Waals surface area contributed by atoms with Crippen molar-refractivity contribution in [1.82, 2.24) is 15.0 Å². The van der Waals surface area contributed by atoms with Crippen molar-refractivity contribution in [2.45, 2.75) is 33.0 Å². The molecule has 0 bridgehead atoms. The van der Waals surface area contributed by atoms with Gasteiger partial charge in [0, 0.05) is 6.04 Å². The molecule has 0 radical (unpaired) electrons. The van der Waals surface area contributed by atoms with Gasteiger partial charge < -0.3 is 9.26 Å². The number of hydrogen-bond donors (Lipinski definition) is 0. The molecule has 7 heteroatoms. The predicted molar refractivity (Wildman–Crippen MR) is 97.4 cm³/mol. The molecule has 1 atom stereocenters. The molecule has 1 unspecified atom stereocenters. The highest BCUT2D eigenvalue weighted by atomic mass is 19.3. The van der Waals surface area contributed by atoms with Gasteiger partial charge in [-0.2, -0.15) is 13.8 Å². The van der Waals surface area contributed by atoms with E-state index >= 15 is 0 Å². The number of aryl methyl sites for hydroxylation is 1. The molecule has 5 nitrogen and oxygen atoms in total. The van der Waals surface area contributed by atoms with Crippen molar-refractivity contribution >= 4 is 0 Å². The number of benzene rings is 2. The SMILES string of the molecule is Cc1ccc(C(C)N(C)Cc2nc(-c3ccccc3OC(F)F)no2)cc1. The Hall–Kier alpha value is -2.80. The molecule has 0 fully saturated rings. The largest absolute Gasteiger partial charge is 0.434 e. The number of aromatic nitrogens is 2. The van der Waals surface area contributed by atoms with Crippen LogP contribution in [0.15, 0.2) is 53.1 Å². The molecular formula is C20H21F2N3O2. The summed E-state index contributed by atoms with van der Waals surface area (Å²) in [5, 5.41) is 3.91. The number of para-hydroxylation sites is 1. The van der Waals surface area contributed by atoms with Gasteiger partial charge in [0.15, 0.2) is 0 Å². The zero-order valence-corrected chi connectivity index (χ0v) is 15.4. The Bertz CT molecular complexity index is 881. The second kappa shape index (κ2) is 8.26. The Kier molecular flexibility index (Phi) is 5.81. The van der Waals surface area contributed by atoms with E-state index in [1.165, 1.54) is 17.2 Å². The summed E-state index contributed by atoms with van der Waals surface area (Å²) in [6.07, 6.45) is 0. The minimum atomic E-state index is -2.92. The third kappa shape index (κ3) is 4.68. The van der Waals surface area contributed by atoms with Crippen LogP contribution in [-0.4, -0.2) is 28.7 Å².